The molecule has 0 spiro atoms. The van der Waals surface area contributed by atoms with E-state index in [2.05, 4.69) is 25.3 Å². The fraction of sp³-hybridized carbons (Fsp3) is 0.944. The van der Waals surface area contributed by atoms with Crippen molar-refractivity contribution in [3.05, 3.63) is 0 Å². The van der Waals surface area contributed by atoms with E-state index < -0.39 is 13.6 Å². The van der Waals surface area contributed by atoms with Gasteiger partial charge >= 0.3 is 0 Å². The van der Waals surface area contributed by atoms with Crippen molar-refractivity contribution in [3.8, 4) is 0 Å². The second-order valence-corrected chi connectivity index (χ2v) is 13.1. The van der Waals surface area contributed by atoms with E-state index in [0.29, 0.717) is 6.42 Å². The molecule has 23 heavy (non-hydrogen) atoms. The van der Waals surface area contributed by atoms with Crippen molar-refractivity contribution in [1.82, 2.24) is 5.32 Å². The summed E-state index contributed by atoms with van der Waals surface area (Å²) in [5, 5.41) is 21.8. The Labute approximate surface area is 144 Å². The van der Waals surface area contributed by atoms with Gasteiger partial charge in [-0.1, -0.05) is 77.1 Å². The summed E-state index contributed by atoms with van der Waals surface area (Å²) in [6.45, 7) is 8.12. The maximum Gasteiger partial charge on any atom is 0.217 e. The minimum absolute atomic E-state index is 0.198. The van der Waals surface area contributed by atoms with Crippen LogP contribution < -0.4 is 5.32 Å². The number of rotatable bonds is 14. The van der Waals surface area contributed by atoms with E-state index in [9.17, 15) is 15.0 Å². The van der Waals surface area contributed by atoms with Gasteiger partial charge in [0.2, 0.25) is 5.91 Å². The molecular formula is C18H39NO3Si. The Morgan fingerprint density at radius 3 is 2.00 bits per heavy atom. The zero-order chi connectivity index (χ0) is 17.8. The van der Waals surface area contributed by atoms with Crippen LogP contribution in [-0.4, -0.2) is 42.9 Å². The molecule has 0 heterocycles. The van der Waals surface area contributed by atoms with Crippen LogP contribution in [0.5, 0.6) is 0 Å². The van der Waals surface area contributed by atoms with Gasteiger partial charge in [-0.15, -0.1) is 0 Å². The average Bonchev–Trinajstić information content (AvgIpc) is 2.49. The predicted molar refractivity (Wildman–Crippen MR) is 100 cm³/mol. The minimum Gasteiger partial charge on any atom is -0.394 e. The van der Waals surface area contributed by atoms with E-state index in [4.69, 9.17) is 0 Å². The summed E-state index contributed by atoms with van der Waals surface area (Å²) in [7, 11) is -1.21. The van der Waals surface area contributed by atoms with Crippen molar-refractivity contribution in [2.45, 2.75) is 95.9 Å². The normalized spacial score (nSPS) is 12.4. The summed E-state index contributed by atoms with van der Waals surface area (Å²) in [5.74, 6) is -0.198. The third-order valence-electron chi connectivity index (χ3n) is 4.76. The number of carbonyl (C=O) groups is 1. The topological polar surface area (TPSA) is 69.6 Å². The predicted octanol–water partition coefficient (Wildman–Crippen LogP) is 3.70. The lowest BCUT2D eigenvalue weighted by Crippen LogP contribution is -2.53. The van der Waals surface area contributed by atoms with Gasteiger partial charge in [0.1, 0.15) is 0 Å². The molecule has 5 heteroatoms. The van der Waals surface area contributed by atoms with Gasteiger partial charge in [0, 0.05) is 15.0 Å². The molecule has 0 rings (SSSR count). The molecule has 0 aliphatic heterocycles. The van der Waals surface area contributed by atoms with Crippen molar-refractivity contribution in [2.75, 3.05) is 13.2 Å². The first-order chi connectivity index (χ1) is 10.8. The van der Waals surface area contributed by atoms with Crippen molar-refractivity contribution < 1.29 is 15.0 Å². The van der Waals surface area contributed by atoms with Gasteiger partial charge in [-0.2, -0.15) is 0 Å². The highest BCUT2D eigenvalue weighted by atomic mass is 28.3. The molecule has 0 bridgehead atoms. The van der Waals surface area contributed by atoms with Crippen LogP contribution in [0.2, 0.25) is 25.2 Å². The average molecular weight is 346 g/mol. The molecule has 0 aliphatic rings. The van der Waals surface area contributed by atoms with Crippen molar-refractivity contribution in [3.63, 3.8) is 0 Å². The van der Waals surface area contributed by atoms with E-state index in [0.717, 1.165) is 6.42 Å². The van der Waals surface area contributed by atoms with Crippen LogP contribution in [-0.2, 0) is 4.79 Å². The van der Waals surface area contributed by atoms with Crippen LogP contribution in [0.1, 0.15) is 65.2 Å². The van der Waals surface area contributed by atoms with Gasteiger partial charge in [-0.05, 0) is 6.42 Å². The number of aliphatic hydroxyl groups excluding tert-OH is 2. The van der Waals surface area contributed by atoms with Crippen LogP contribution in [0.3, 0.4) is 0 Å². The van der Waals surface area contributed by atoms with E-state index >= 15 is 0 Å². The molecule has 4 nitrogen and oxygen atoms in total. The Morgan fingerprint density at radius 2 is 1.48 bits per heavy atom. The molecule has 0 radical (unpaired) electrons. The molecular weight excluding hydrogens is 306 g/mol. The van der Waals surface area contributed by atoms with Gasteiger partial charge < -0.3 is 15.5 Å². The Hall–Kier alpha value is -0.393. The summed E-state index contributed by atoms with van der Waals surface area (Å²) >= 11 is 0. The van der Waals surface area contributed by atoms with Gasteiger partial charge in [0.05, 0.1) is 18.8 Å². The van der Waals surface area contributed by atoms with Crippen LogP contribution in [0, 0.1) is 0 Å². The maximum absolute atomic E-state index is 11.3. The maximum atomic E-state index is 11.3. The first kappa shape index (κ1) is 22.6. The van der Waals surface area contributed by atoms with E-state index in [1.807, 2.05) is 0 Å². The molecule has 0 aliphatic carbocycles. The second-order valence-electron chi connectivity index (χ2n) is 7.81. The molecule has 0 fully saturated rings. The number of hydrogen-bond donors (Lipinski definition) is 3. The summed E-state index contributed by atoms with van der Waals surface area (Å²) in [6, 6.07) is 2.54. The largest absolute Gasteiger partial charge is 0.394 e. The fourth-order valence-corrected chi connectivity index (χ4v) is 5.73. The lowest BCUT2D eigenvalue weighted by molar-refractivity contribution is -0.122. The molecule has 0 aromatic rings. The number of aliphatic hydroxyl groups is 2. The molecule has 1 amide bonds. The summed E-state index contributed by atoms with van der Waals surface area (Å²) in [4.78, 5) is 11.3. The molecule has 0 atom stereocenters. The number of hydrogen-bond acceptors (Lipinski definition) is 3. The molecule has 0 unspecified atom stereocenters. The summed E-state index contributed by atoms with van der Waals surface area (Å²) < 4.78 is 0. The first-order valence-electron chi connectivity index (χ1n) is 9.31. The lowest BCUT2D eigenvalue weighted by Gasteiger charge is -2.32. The Balaban J connectivity index is 4.08. The van der Waals surface area contributed by atoms with Crippen LogP contribution in [0.4, 0.5) is 0 Å². The standard InChI is InChI=1S/C18H39NO3Si/c1-5-6-7-8-9-10-13-23(3,4)14-11-12-18(15-20,16-21)19-17(2)22/h20-21H,5-16H2,1-4H3,(H,19,22). The third-order valence-corrected chi connectivity index (χ3v) is 8.18. The minimum atomic E-state index is -1.21. The van der Waals surface area contributed by atoms with Crippen molar-refractivity contribution in [1.29, 1.82) is 0 Å². The monoisotopic (exact) mass is 345 g/mol. The second kappa shape index (κ2) is 12.0. The van der Waals surface area contributed by atoms with Crippen LogP contribution >= 0.6 is 0 Å². The van der Waals surface area contributed by atoms with Gasteiger partial charge in [0.15, 0.2) is 0 Å². The zero-order valence-corrected chi connectivity index (χ0v) is 16.8. The van der Waals surface area contributed by atoms with E-state index in [1.54, 1.807) is 0 Å². The highest BCUT2D eigenvalue weighted by Gasteiger charge is 2.30. The van der Waals surface area contributed by atoms with Gasteiger partial charge in [-0.3, -0.25) is 4.79 Å². The Kier molecular flexibility index (Phi) is 11.8. The molecule has 138 valence electrons. The molecule has 0 aromatic heterocycles. The van der Waals surface area contributed by atoms with Gasteiger partial charge in [-0.25, -0.2) is 0 Å². The third kappa shape index (κ3) is 10.9. The number of nitrogens with one attached hydrogen (secondary N) is 1. The Morgan fingerprint density at radius 1 is 0.957 bits per heavy atom. The quantitative estimate of drug-likeness (QED) is 0.332. The van der Waals surface area contributed by atoms with Gasteiger partial charge in [0.25, 0.3) is 0 Å². The molecule has 0 saturated carbocycles. The SMILES string of the molecule is CCCCCCCC[Si](C)(C)CCCC(CO)(CO)NC(C)=O. The van der Waals surface area contributed by atoms with E-state index in [1.165, 1.54) is 57.5 Å². The first-order valence-corrected chi connectivity index (χ1v) is 12.7. The van der Waals surface area contributed by atoms with E-state index in [-0.39, 0.29) is 19.1 Å². The van der Waals surface area contributed by atoms with Crippen molar-refractivity contribution >= 4 is 14.0 Å². The number of carbonyl (C=O) groups excluding carboxylic acids is 1. The van der Waals surface area contributed by atoms with Crippen molar-refractivity contribution in [2.24, 2.45) is 0 Å². The summed E-state index contributed by atoms with van der Waals surface area (Å²) in [5.41, 5.74) is -0.851. The molecule has 0 aromatic carbocycles. The smallest absolute Gasteiger partial charge is 0.217 e. The molecule has 0 saturated heterocycles. The molecule has 3 N–H and O–H groups in total. The van der Waals surface area contributed by atoms with Crippen LogP contribution in [0.25, 0.3) is 0 Å². The lowest BCUT2D eigenvalue weighted by atomic mass is 9.95. The van der Waals surface area contributed by atoms with Crippen LogP contribution in [0.15, 0.2) is 0 Å². The Bertz CT molecular complexity index is 317. The fourth-order valence-electron chi connectivity index (χ4n) is 3.14. The number of amides is 1. The highest BCUT2D eigenvalue weighted by Crippen LogP contribution is 2.25. The summed E-state index contributed by atoms with van der Waals surface area (Å²) in [6.07, 6.45) is 9.66. The highest BCUT2D eigenvalue weighted by molar-refractivity contribution is 6.77. The zero-order valence-electron chi connectivity index (χ0n) is 15.8. The number of unbranched alkanes of at least 4 members (excludes halogenated alkanes) is 5.